The van der Waals surface area contributed by atoms with Crippen LogP contribution in [0, 0.1) is 0 Å². The van der Waals surface area contributed by atoms with Crippen LogP contribution in [-0.4, -0.2) is 57.8 Å². The summed E-state index contributed by atoms with van der Waals surface area (Å²) < 4.78 is 46.1. The first kappa shape index (κ1) is 24.4. The number of anilines is 3. The highest BCUT2D eigenvalue weighted by molar-refractivity contribution is 5.84. The summed E-state index contributed by atoms with van der Waals surface area (Å²) in [4.78, 5) is 23.8. The number of phenolic OH excluding ortho intramolecular Hbond substituents is 1. The van der Waals surface area contributed by atoms with Gasteiger partial charge in [-0.25, -0.2) is 14.8 Å². The smallest absolute Gasteiger partial charge is 0.434 e. The molecule has 1 aromatic heterocycles. The summed E-state index contributed by atoms with van der Waals surface area (Å²) in [5, 5.41) is 12.1. The van der Waals surface area contributed by atoms with Crippen molar-refractivity contribution in [2.24, 2.45) is 0 Å². The number of rotatable bonds is 3. The quantitative estimate of drug-likeness (QED) is 0.526. The Bertz CT molecular complexity index is 1220. The van der Waals surface area contributed by atoms with E-state index >= 15 is 0 Å². The van der Waals surface area contributed by atoms with Crippen LogP contribution in [-0.2, 0) is 10.9 Å². The van der Waals surface area contributed by atoms with E-state index in [-0.39, 0.29) is 28.7 Å². The molecule has 0 bridgehead atoms. The van der Waals surface area contributed by atoms with E-state index in [4.69, 9.17) is 4.74 Å². The number of alkyl halides is 3. The second-order valence-corrected chi connectivity index (χ2v) is 9.22. The zero-order valence-electron chi connectivity index (χ0n) is 19.6. The van der Waals surface area contributed by atoms with Crippen LogP contribution in [0.2, 0.25) is 0 Å². The second-order valence-electron chi connectivity index (χ2n) is 9.22. The number of fused-ring (bicyclic) bond motifs is 1. The molecule has 186 valence electrons. The molecule has 1 saturated heterocycles. The molecule has 1 aliphatic rings. The topological polar surface area (TPSA) is 90.8 Å². The van der Waals surface area contributed by atoms with E-state index in [1.165, 1.54) is 12.1 Å². The fraction of sp³-hybridized carbons (Fsp3) is 0.375. The summed E-state index contributed by atoms with van der Waals surface area (Å²) in [6, 6.07) is 10.7. The molecule has 0 unspecified atom stereocenters. The Morgan fingerprint density at radius 1 is 1.00 bits per heavy atom. The molecule has 2 heterocycles. The third-order valence-corrected chi connectivity index (χ3v) is 5.37. The maximum atomic E-state index is 13.5. The number of piperazine rings is 1. The van der Waals surface area contributed by atoms with Crippen molar-refractivity contribution in [3.8, 4) is 5.75 Å². The minimum atomic E-state index is -4.71. The molecule has 0 aliphatic carbocycles. The van der Waals surface area contributed by atoms with E-state index in [2.05, 4.69) is 20.2 Å². The maximum absolute atomic E-state index is 13.5. The number of halogens is 3. The molecule has 1 fully saturated rings. The monoisotopic (exact) mass is 489 g/mol. The Hall–Kier alpha value is -3.76. The van der Waals surface area contributed by atoms with E-state index in [1.54, 1.807) is 17.0 Å². The van der Waals surface area contributed by atoms with Crippen LogP contribution < -0.4 is 10.2 Å². The van der Waals surface area contributed by atoms with Gasteiger partial charge in [-0.2, -0.15) is 13.2 Å². The number of aromatic hydroxyl groups is 1. The van der Waals surface area contributed by atoms with Crippen LogP contribution in [0.25, 0.3) is 10.9 Å². The summed E-state index contributed by atoms with van der Waals surface area (Å²) in [7, 11) is 0. The number of carbonyl (C=O) groups excluding carboxylic acids is 1. The molecule has 3 aromatic rings. The predicted molar refractivity (Wildman–Crippen MR) is 126 cm³/mol. The highest BCUT2D eigenvalue weighted by Crippen LogP contribution is 2.35. The van der Waals surface area contributed by atoms with Crippen molar-refractivity contribution in [1.29, 1.82) is 0 Å². The molecular formula is C24H26F3N5O3. The molecule has 8 nitrogen and oxygen atoms in total. The summed E-state index contributed by atoms with van der Waals surface area (Å²) in [5.74, 6) is -0.496. The number of nitrogens with one attached hydrogen (secondary N) is 1. The van der Waals surface area contributed by atoms with Gasteiger partial charge in [0.2, 0.25) is 5.95 Å². The Morgan fingerprint density at radius 2 is 1.66 bits per heavy atom. The van der Waals surface area contributed by atoms with Gasteiger partial charge in [0.05, 0.1) is 5.52 Å². The molecule has 2 aromatic carbocycles. The Morgan fingerprint density at radius 3 is 2.26 bits per heavy atom. The lowest BCUT2D eigenvalue weighted by Gasteiger charge is -2.36. The average molecular weight is 489 g/mol. The molecule has 0 radical (unpaired) electrons. The van der Waals surface area contributed by atoms with Crippen molar-refractivity contribution in [1.82, 2.24) is 14.9 Å². The van der Waals surface area contributed by atoms with Gasteiger partial charge in [0.1, 0.15) is 11.4 Å². The number of hydrogen-bond donors (Lipinski definition) is 2. The fourth-order valence-corrected chi connectivity index (χ4v) is 3.75. The summed E-state index contributed by atoms with van der Waals surface area (Å²) in [6.45, 7) is 7.78. The lowest BCUT2D eigenvalue weighted by molar-refractivity contribution is -0.139. The first-order valence-corrected chi connectivity index (χ1v) is 11.1. The first-order valence-electron chi connectivity index (χ1n) is 11.1. The van der Waals surface area contributed by atoms with Gasteiger partial charge in [0, 0.05) is 42.9 Å². The third kappa shape index (κ3) is 5.84. The largest absolute Gasteiger partial charge is 0.508 e. The summed E-state index contributed by atoms with van der Waals surface area (Å²) in [6.07, 6.45) is -5.04. The van der Waals surface area contributed by atoms with Crippen molar-refractivity contribution in [2.45, 2.75) is 32.5 Å². The molecule has 1 amide bonds. The van der Waals surface area contributed by atoms with Crippen LogP contribution >= 0.6 is 0 Å². The molecule has 11 heteroatoms. The highest BCUT2D eigenvalue weighted by Gasteiger charge is 2.36. The van der Waals surface area contributed by atoms with E-state index in [1.807, 2.05) is 32.9 Å². The minimum absolute atomic E-state index is 0.0621. The van der Waals surface area contributed by atoms with Crippen LogP contribution in [0.1, 0.15) is 26.5 Å². The number of carbonyl (C=O) groups is 1. The number of aromatic nitrogens is 2. The van der Waals surface area contributed by atoms with Crippen molar-refractivity contribution < 1.29 is 27.8 Å². The van der Waals surface area contributed by atoms with Gasteiger partial charge >= 0.3 is 12.3 Å². The first-order chi connectivity index (χ1) is 16.4. The molecule has 4 rings (SSSR count). The van der Waals surface area contributed by atoms with Gasteiger partial charge in [-0.3, -0.25) is 0 Å². The number of ether oxygens (including phenoxy) is 1. The van der Waals surface area contributed by atoms with Gasteiger partial charge in [-0.15, -0.1) is 0 Å². The van der Waals surface area contributed by atoms with E-state index in [9.17, 15) is 23.1 Å². The van der Waals surface area contributed by atoms with Crippen LogP contribution in [0.5, 0.6) is 5.75 Å². The zero-order chi connectivity index (χ0) is 25.4. The number of nitrogens with zero attached hydrogens (tertiary/aromatic N) is 4. The van der Waals surface area contributed by atoms with Gasteiger partial charge in [0.25, 0.3) is 0 Å². The summed E-state index contributed by atoms with van der Waals surface area (Å²) >= 11 is 0. The van der Waals surface area contributed by atoms with Gasteiger partial charge in [-0.1, -0.05) is 0 Å². The lowest BCUT2D eigenvalue weighted by atomic mass is 10.1. The third-order valence-electron chi connectivity index (χ3n) is 5.37. The van der Waals surface area contributed by atoms with Crippen molar-refractivity contribution >= 4 is 34.3 Å². The Kier molecular flexibility index (Phi) is 6.35. The zero-order valence-corrected chi connectivity index (χ0v) is 19.6. The minimum Gasteiger partial charge on any atom is -0.508 e. The number of benzene rings is 2. The van der Waals surface area contributed by atoms with Crippen LogP contribution in [0.3, 0.4) is 0 Å². The molecule has 0 spiro atoms. The van der Waals surface area contributed by atoms with E-state index in [0.717, 1.165) is 11.8 Å². The van der Waals surface area contributed by atoms with Gasteiger partial charge in [0.15, 0.2) is 5.69 Å². The second kappa shape index (κ2) is 9.12. The van der Waals surface area contributed by atoms with E-state index in [0.29, 0.717) is 31.9 Å². The number of amides is 1. The summed E-state index contributed by atoms with van der Waals surface area (Å²) in [5.41, 5.74) is -0.167. The number of phenols is 1. The standard InChI is InChI=1S/C24H26F3N5O3/c1-23(2,3)35-22(34)32-12-10-31(11-13-32)16-6-4-15(5-7-16)28-21-29-19-9-8-17(33)14-18(19)20(30-21)24(25,26)27/h4-9,14,33H,10-13H2,1-3H3,(H,28,29,30). The average Bonchev–Trinajstić information content (AvgIpc) is 2.78. The molecule has 0 saturated carbocycles. The lowest BCUT2D eigenvalue weighted by Crippen LogP contribution is -2.50. The molecular weight excluding hydrogens is 463 g/mol. The van der Waals surface area contributed by atoms with E-state index < -0.39 is 17.5 Å². The maximum Gasteiger partial charge on any atom is 0.434 e. The molecule has 2 N–H and O–H groups in total. The normalized spacial score (nSPS) is 14.8. The molecule has 35 heavy (non-hydrogen) atoms. The Labute approximate surface area is 200 Å². The predicted octanol–water partition coefficient (Wildman–Crippen LogP) is 5.15. The fourth-order valence-electron chi connectivity index (χ4n) is 3.75. The van der Waals surface area contributed by atoms with Crippen molar-refractivity contribution in [3.05, 3.63) is 48.2 Å². The molecule has 0 atom stereocenters. The SMILES string of the molecule is CC(C)(C)OC(=O)N1CCN(c2ccc(Nc3nc(C(F)(F)F)c4cc(O)ccc4n3)cc2)CC1. The number of hydrogen-bond acceptors (Lipinski definition) is 7. The van der Waals surface area contributed by atoms with Crippen molar-refractivity contribution in [3.63, 3.8) is 0 Å². The highest BCUT2D eigenvalue weighted by atomic mass is 19.4. The Balaban J connectivity index is 1.45. The van der Waals surface area contributed by atoms with Crippen LogP contribution in [0.15, 0.2) is 42.5 Å². The van der Waals surface area contributed by atoms with Crippen molar-refractivity contribution in [2.75, 3.05) is 36.4 Å². The van der Waals surface area contributed by atoms with Gasteiger partial charge < -0.3 is 25.0 Å². The van der Waals surface area contributed by atoms with Gasteiger partial charge in [-0.05, 0) is 63.2 Å². The van der Waals surface area contributed by atoms with Crippen LogP contribution in [0.4, 0.5) is 35.3 Å². The molecule has 1 aliphatic heterocycles.